The molecule has 1 amide bonds. The average molecular weight is 484 g/mol. The fraction of sp³-hybridized carbons (Fsp3) is 0.278. The number of carbonyl (C=O) groups is 1. The minimum absolute atomic E-state index is 0.0639. The van der Waals surface area contributed by atoms with Gasteiger partial charge in [-0.2, -0.15) is 4.31 Å². The zero-order valence-corrected chi connectivity index (χ0v) is 18.9. The van der Waals surface area contributed by atoms with Crippen molar-refractivity contribution < 1.29 is 13.2 Å². The number of piperazine rings is 1. The van der Waals surface area contributed by atoms with Gasteiger partial charge in [-0.25, -0.2) is 13.4 Å². The molecular weight excluding hydrogens is 466 g/mol. The number of halogens is 1. The molecule has 1 fully saturated rings. The van der Waals surface area contributed by atoms with Gasteiger partial charge in [0.2, 0.25) is 21.1 Å². The summed E-state index contributed by atoms with van der Waals surface area (Å²) in [5, 5.41) is 9.97. The monoisotopic (exact) mass is 483 g/mol. The lowest BCUT2D eigenvalue weighted by atomic mass is 10.3. The number of benzene rings is 1. The van der Waals surface area contributed by atoms with Crippen molar-refractivity contribution in [2.24, 2.45) is 0 Å². The Morgan fingerprint density at radius 3 is 2.57 bits per heavy atom. The Bertz CT molecular complexity index is 1110. The maximum atomic E-state index is 12.7. The first kappa shape index (κ1) is 21.3. The van der Waals surface area contributed by atoms with E-state index in [0.29, 0.717) is 29.1 Å². The number of aromatic amines is 1. The summed E-state index contributed by atoms with van der Waals surface area (Å²) in [6, 6.07) is 9.98. The molecule has 1 aromatic carbocycles. The Balaban J connectivity index is 1.29. The normalized spacial score (nSPS) is 15.4. The summed E-state index contributed by atoms with van der Waals surface area (Å²) >= 11 is 8.66. The summed E-state index contributed by atoms with van der Waals surface area (Å²) in [7, 11) is -3.59. The second kappa shape index (κ2) is 9.06. The van der Waals surface area contributed by atoms with Crippen LogP contribution >= 0.6 is 34.7 Å². The van der Waals surface area contributed by atoms with Crippen molar-refractivity contribution >= 4 is 50.6 Å². The van der Waals surface area contributed by atoms with Gasteiger partial charge in [0.05, 0.1) is 15.5 Å². The number of hydrogen-bond acceptors (Lipinski definition) is 7. The van der Waals surface area contributed by atoms with E-state index in [2.05, 4.69) is 15.2 Å². The Hall–Kier alpha value is -1.92. The minimum Gasteiger partial charge on any atom is -0.339 e. The second-order valence-electron chi connectivity index (χ2n) is 6.47. The first-order chi connectivity index (χ1) is 14.4. The van der Waals surface area contributed by atoms with Crippen molar-refractivity contribution in [3.63, 3.8) is 0 Å². The van der Waals surface area contributed by atoms with Gasteiger partial charge in [0.15, 0.2) is 5.82 Å². The van der Waals surface area contributed by atoms with Crippen LogP contribution in [0.2, 0.25) is 5.02 Å². The quantitative estimate of drug-likeness (QED) is 0.541. The van der Waals surface area contributed by atoms with E-state index in [1.807, 2.05) is 17.5 Å². The number of nitrogens with one attached hydrogen (secondary N) is 1. The number of rotatable bonds is 6. The molecule has 1 aliphatic heterocycles. The zero-order valence-electron chi connectivity index (χ0n) is 15.7. The topological polar surface area (TPSA) is 99.3 Å². The SMILES string of the molecule is O=C(CSc1n[nH]c(-c2cccs2)n1)N1CCN(S(=O)(=O)c2ccc(Cl)cc2)CC1. The average Bonchev–Trinajstić information content (AvgIpc) is 3.44. The summed E-state index contributed by atoms with van der Waals surface area (Å²) in [4.78, 5) is 19.8. The third kappa shape index (κ3) is 4.70. The largest absolute Gasteiger partial charge is 0.339 e. The van der Waals surface area contributed by atoms with Gasteiger partial charge < -0.3 is 4.90 Å². The first-order valence-electron chi connectivity index (χ1n) is 9.06. The number of sulfonamides is 1. The highest BCUT2D eigenvalue weighted by molar-refractivity contribution is 7.99. The summed E-state index contributed by atoms with van der Waals surface area (Å²) in [6.07, 6.45) is 0. The summed E-state index contributed by atoms with van der Waals surface area (Å²) in [5.74, 6) is 0.818. The van der Waals surface area contributed by atoms with Crippen LogP contribution in [0, 0.1) is 0 Å². The lowest BCUT2D eigenvalue weighted by Gasteiger charge is -2.34. The summed E-state index contributed by atoms with van der Waals surface area (Å²) in [5.41, 5.74) is 0. The molecule has 3 heterocycles. The van der Waals surface area contributed by atoms with Crippen LogP contribution < -0.4 is 0 Å². The van der Waals surface area contributed by atoms with E-state index in [-0.39, 0.29) is 29.6 Å². The molecule has 8 nitrogen and oxygen atoms in total. The molecule has 0 bridgehead atoms. The van der Waals surface area contributed by atoms with Crippen molar-refractivity contribution in [1.82, 2.24) is 24.4 Å². The summed E-state index contributed by atoms with van der Waals surface area (Å²) < 4.78 is 26.9. The number of amides is 1. The molecule has 2 aromatic heterocycles. The van der Waals surface area contributed by atoms with Gasteiger partial charge in [-0.05, 0) is 35.7 Å². The number of nitrogens with zero attached hydrogens (tertiary/aromatic N) is 4. The molecule has 12 heteroatoms. The van der Waals surface area contributed by atoms with E-state index in [4.69, 9.17) is 11.6 Å². The Morgan fingerprint density at radius 1 is 1.17 bits per heavy atom. The molecule has 1 saturated heterocycles. The molecule has 3 aromatic rings. The predicted molar refractivity (Wildman–Crippen MR) is 117 cm³/mol. The molecule has 1 N–H and O–H groups in total. The van der Waals surface area contributed by atoms with Crippen molar-refractivity contribution in [2.75, 3.05) is 31.9 Å². The highest BCUT2D eigenvalue weighted by Crippen LogP contribution is 2.24. The van der Waals surface area contributed by atoms with Gasteiger partial charge in [0.25, 0.3) is 0 Å². The maximum Gasteiger partial charge on any atom is 0.243 e. The molecule has 0 spiro atoms. The van der Waals surface area contributed by atoms with E-state index in [1.165, 1.54) is 28.2 Å². The van der Waals surface area contributed by atoms with Gasteiger partial charge in [0.1, 0.15) is 0 Å². The van der Waals surface area contributed by atoms with Crippen molar-refractivity contribution in [3.05, 3.63) is 46.8 Å². The van der Waals surface area contributed by atoms with Gasteiger partial charge >= 0.3 is 0 Å². The number of hydrogen-bond donors (Lipinski definition) is 1. The van der Waals surface area contributed by atoms with Crippen LogP contribution in [-0.4, -0.2) is 70.6 Å². The van der Waals surface area contributed by atoms with Gasteiger partial charge in [-0.3, -0.25) is 9.89 Å². The van der Waals surface area contributed by atoms with E-state index < -0.39 is 10.0 Å². The standard InChI is InChI=1S/C18H18ClN5O3S3/c19-13-3-5-14(6-4-13)30(26,27)24-9-7-23(8-10-24)16(25)12-29-18-20-17(21-22-18)15-2-1-11-28-15/h1-6,11H,7-10,12H2,(H,20,21,22). The first-order valence-corrected chi connectivity index (χ1v) is 12.7. The second-order valence-corrected chi connectivity index (χ2v) is 10.7. The highest BCUT2D eigenvalue weighted by Gasteiger charge is 2.30. The van der Waals surface area contributed by atoms with Crippen LogP contribution in [0.5, 0.6) is 0 Å². The van der Waals surface area contributed by atoms with Crippen molar-refractivity contribution in [1.29, 1.82) is 0 Å². The predicted octanol–water partition coefficient (Wildman–Crippen LogP) is 2.81. The number of thiophene rings is 1. The Kier molecular flexibility index (Phi) is 6.44. The molecule has 4 rings (SSSR count). The summed E-state index contributed by atoms with van der Waals surface area (Å²) in [6.45, 7) is 1.20. The van der Waals surface area contributed by atoms with E-state index in [9.17, 15) is 13.2 Å². The molecule has 0 aliphatic carbocycles. The van der Waals surface area contributed by atoms with Gasteiger partial charge in [0, 0.05) is 31.2 Å². The fourth-order valence-corrected chi connectivity index (χ4v) is 5.90. The van der Waals surface area contributed by atoms with Crippen LogP contribution in [0.25, 0.3) is 10.7 Å². The third-order valence-electron chi connectivity index (χ3n) is 4.59. The highest BCUT2D eigenvalue weighted by atomic mass is 35.5. The Morgan fingerprint density at radius 2 is 1.90 bits per heavy atom. The third-order valence-corrected chi connectivity index (χ3v) is 8.46. The number of H-pyrrole nitrogens is 1. The fourth-order valence-electron chi connectivity index (χ4n) is 2.99. The molecule has 30 heavy (non-hydrogen) atoms. The van der Waals surface area contributed by atoms with E-state index >= 15 is 0 Å². The molecule has 0 saturated carbocycles. The van der Waals surface area contributed by atoms with Crippen LogP contribution in [-0.2, 0) is 14.8 Å². The van der Waals surface area contributed by atoms with Crippen LogP contribution in [0.15, 0.2) is 51.8 Å². The molecule has 1 aliphatic rings. The number of thioether (sulfide) groups is 1. The number of carbonyl (C=O) groups excluding carboxylic acids is 1. The van der Waals surface area contributed by atoms with Crippen molar-refractivity contribution in [3.8, 4) is 10.7 Å². The zero-order chi connectivity index (χ0) is 21.1. The molecule has 0 atom stereocenters. The van der Waals surface area contributed by atoms with Gasteiger partial charge in [-0.1, -0.05) is 29.4 Å². The van der Waals surface area contributed by atoms with E-state index in [0.717, 1.165) is 4.88 Å². The maximum absolute atomic E-state index is 12.7. The van der Waals surface area contributed by atoms with E-state index in [1.54, 1.807) is 28.4 Å². The molecule has 0 unspecified atom stereocenters. The van der Waals surface area contributed by atoms with Crippen LogP contribution in [0.1, 0.15) is 0 Å². The smallest absolute Gasteiger partial charge is 0.243 e. The van der Waals surface area contributed by atoms with Crippen LogP contribution in [0.3, 0.4) is 0 Å². The lowest BCUT2D eigenvalue weighted by molar-refractivity contribution is -0.129. The van der Waals surface area contributed by atoms with Gasteiger partial charge in [-0.15, -0.1) is 16.4 Å². The molecule has 158 valence electrons. The minimum atomic E-state index is -3.59. The van der Waals surface area contributed by atoms with Crippen molar-refractivity contribution in [2.45, 2.75) is 10.1 Å². The molecule has 0 radical (unpaired) electrons. The molecular formula is C18H18ClN5O3S3. The lowest BCUT2D eigenvalue weighted by Crippen LogP contribution is -2.50. The number of aromatic nitrogens is 3. The van der Waals surface area contributed by atoms with Crippen LogP contribution in [0.4, 0.5) is 0 Å². The Labute approximate surface area is 187 Å².